The molecule has 2 aromatic carbocycles. The summed E-state index contributed by atoms with van der Waals surface area (Å²) >= 11 is 0. The molecule has 0 radical (unpaired) electrons. The molecule has 2 amide bonds. The van der Waals surface area contributed by atoms with E-state index in [2.05, 4.69) is 34.9 Å². The summed E-state index contributed by atoms with van der Waals surface area (Å²) in [6, 6.07) is 15.2. The van der Waals surface area contributed by atoms with E-state index in [0.29, 0.717) is 12.8 Å². The van der Waals surface area contributed by atoms with E-state index in [1.807, 2.05) is 24.3 Å². The first kappa shape index (κ1) is 19.9. The maximum Gasteiger partial charge on any atom is 0.407 e. The van der Waals surface area contributed by atoms with Crippen molar-refractivity contribution in [2.24, 2.45) is 0 Å². The second-order valence-electron chi connectivity index (χ2n) is 8.04. The van der Waals surface area contributed by atoms with Crippen LogP contribution in [0.1, 0.15) is 43.2 Å². The molecule has 1 atom stereocenters. The summed E-state index contributed by atoms with van der Waals surface area (Å²) in [7, 11) is 0. The lowest BCUT2D eigenvalue weighted by Crippen LogP contribution is -2.45. The zero-order valence-corrected chi connectivity index (χ0v) is 16.7. The lowest BCUT2D eigenvalue weighted by Gasteiger charge is -2.19. The summed E-state index contributed by atoms with van der Waals surface area (Å²) in [5.41, 5.74) is 3.93. The number of hydrogen-bond acceptors (Lipinski definition) is 4. The minimum Gasteiger partial charge on any atom is -0.480 e. The number of hydrogen-bond donors (Lipinski definition) is 3. The molecule has 2 aliphatic carbocycles. The van der Waals surface area contributed by atoms with Gasteiger partial charge in [0.05, 0.1) is 5.54 Å². The van der Waals surface area contributed by atoms with Gasteiger partial charge in [-0.1, -0.05) is 48.5 Å². The predicted molar refractivity (Wildman–Crippen MR) is 110 cm³/mol. The Morgan fingerprint density at radius 2 is 1.63 bits per heavy atom. The first-order valence-electron chi connectivity index (χ1n) is 10.0. The number of carboxylic acid groups (broad SMARTS) is 1. The highest BCUT2D eigenvalue weighted by Crippen LogP contribution is 2.44. The van der Waals surface area contributed by atoms with Gasteiger partial charge in [-0.25, -0.2) is 4.79 Å². The third-order valence-electron chi connectivity index (χ3n) is 5.81. The van der Waals surface area contributed by atoms with Crippen molar-refractivity contribution in [3.8, 4) is 11.1 Å². The van der Waals surface area contributed by atoms with E-state index in [0.717, 1.165) is 22.3 Å². The number of alkyl carbamates (subject to hydrolysis) is 1. The van der Waals surface area contributed by atoms with Gasteiger partial charge in [-0.2, -0.15) is 0 Å². The van der Waals surface area contributed by atoms with E-state index in [1.165, 1.54) is 6.92 Å². The number of nitrogens with one attached hydrogen (secondary N) is 2. The average molecular weight is 408 g/mol. The van der Waals surface area contributed by atoms with Crippen molar-refractivity contribution in [3.05, 3.63) is 59.7 Å². The van der Waals surface area contributed by atoms with Gasteiger partial charge < -0.3 is 20.5 Å². The topological polar surface area (TPSA) is 105 Å². The van der Waals surface area contributed by atoms with Crippen LogP contribution in [-0.2, 0) is 14.3 Å². The summed E-state index contributed by atoms with van der Waals surface area (Å²) < 4.78 is 5.54. The number of aliphatic carboxylic acids is 1. The molecule has 0 unspecified atom stereocenters. The van der Waals surface area contributed by atoms with Gasteiger partial charge in [0.15, 0.2) is 0 Å². The van der Waals surface area contributed by atoms with E-state index in [-0.39, 0.29) is 18.9 Å². The number of benzene rings is 2. The average Bonchev–Trinajstić information content (AvgIpc) is 3.38. The van der Waals surface area contributed by atoms with Crippen LogP contribution in [0.5, 0.6) is 0 Å². The summed E-state index contributed by atoms with van der Waals surface area (Å²) in [5, 5.41) is 14.1. The number of fused-ring (bicyclic) bond motifs is 3. The van der Waals surface area contributed by atoms with E-state index in [4.69, 9.17) is 9.84 Å². The largest absolute Gasteiger partial charge is 0.480 e. The second-order valence-corrected chi connectivity index (χ2v) is 8.04. The molecule has 1 fully saturated rings. The fourth-order valence-corrected chi connectivity index (χ4v) is 4.01. The van der Waals surface area contributed by atoms with E-state index in [9.17, 15) is 14.4 Å². The zero-order valence-electron chi connectivity index (χ0n) is 16.7. The number of ether oxygens (including phenoxy) is 1. The van der Waals surface area contributed by atoms with E-state index >= 15 is 0 Å². The van der Waals surface area contributed by atoms with Crippen LogP contribution >= 0.6 is 0 Å². The lowest BCUT2D eigenvalue weighted by atomic mass is 9.98. The third kappa shape index (κ3) is 4.01. The quantitative estimate of drug-likeness (QED) is 0.653. The van der Waals surface area contributed by atoms with Gasteiger partial charge >= 0.3 is 12.1 Å². The summed E-state index contributed by atoms with van der Waals surface area (Å²) in [5.74, 6) is -1.53. The number of rotatable bonds is 7. The molecule has 0 saturated heterocycles. The first-order chi connectivity index (χ1) is 14.4. The van der Waals surface area contributed by atoms with Crippen LogP contribution < -0.4 is 10.6 Å². The van der Waals surface area contributed by atoms with Gasteiger partial charge in [-0.05, 0) is 42.0 Å². The number of carbonyl (C=O) groups excluding carboxylic acids is 2. The molecule has 0 heterocycles. The van der Waals surface area contributed by atoms with Crippen LogP contribution in [0.2, 0.25) is 0 Å². The Hall–Kier alpha value is -3.35. The molecule has 0 aromatic heterocycles. The van der Waals surface area contributed by atoms with Crippen molar-refractivity contribution in [1.82, 2.24) is 10.6 Å². The Morgan fingerprint density at radius 3 is 2.17 bits per heavy atom. The Labute approximate surface area is 174 Å². The molecular formula is C23H24N2O5. The minimum absolute atomic E-state index is 0.0296. The van der Waals surface area contributed by atoms with Crippen LogP contribution in [0, 0.1) is 0 Å². The lowest BCUT2D eigenvalue weighted by molar-refractivity contribution is -0.141. The van der Waals surface area contributed by atoms with E-state index < -0.39 is 29.6 Å². The molecule has 30 heavy (non-hydrogen) atoms. The van der Waals surface area contributed by atoms with Crippen molar-refractivity contribution < 1.29 is 24.2 Å². The van der Waals surface area contributed by atoms with Crippen molar-refractivity contribution in [2.75, 3.05) is 6.61 Å². The fourth-order valence-electron chi connectivity index (χ4n) is 4.01. The highest BCUT2D eigenvalue weighted by Gasteiger charge is 2.46. The molecule has 0 spiro atoms. The van der Waals surface area contributed by atoms with Crippen LogP contribution in [0.3, 0.4) is 0 Å². The standard InChI is InChI=1S/C23H24N2O5/c1-14(21(27)28)24-20(26)12-23(10-11-23)25-22(29)30-13-19-17-8-4-2-6-15(17)16-7-3-5-9-18(16)19/h2-9,14,19H,10-13H2,1H3,(H,24,26)(H,25,29)(H,27,28)/t14-/m0/s1. The fraction of sp³-hybridized carbons (Fsp3) is 0.348. The van der Waals surface area contributed by atoms with Crippen LogP contribution in [0.15, 0.2) is 48.5 Å². The van der Waals surface area contributed by atoms with Crippen molar-refractivity contribution in [1.29, 1.82) is 0 Å². The van der Waals surface area contributed by atoms with Crippen molar-refractivity contribution >= 4 is 18.0 Å². The first-order valence-corrected chi connectivity index (χ1v) is 10.0. The molecule has 7 nitrogen and oxygen atoms in total. The molecule has 156 valence electrons. The summed E-state index contributed by atoms with van der Waals surface area (Å²) in [6.45, 7) is 1.61. The highest BCUT2D eigenvalue weighted by atomic mass is 16.5. The maximum atomic E-state index is 12.4. The molecule has 2 aromatic rings. The van der Waals surface area contributed by atoms with Crippen molar-refractivity contribution in [2.45, 2.75) is 43.7 Å². The van der Waals surface area contributed by atoms with Gasteiger partial charge in [0.1, 0.15) is 12.6 Å². The zero-order chi connectivity index (χ0) is 21.3. The van der Waals surface area contributed by atoms with Crippen LogP contribution in [0.4, 0.5) is 4.79 Å². The Morgan fingerprint density at radius 1 is 1.07 bits per heavy atom. The minimum atomic E-state index is -1.10. The summed E-state index contributed by atoms with van der Waals surface area (Å²) in [4.78, 5) is 35.4. The van der Waals surface area contributed by atoms with Gasteiger partial charge in [0.25, 0.3) is 0 Å². The molecule has 0 bridgehead atoms. The number of carboxylic acids is 1. The molecule has 4 rings (SSSR count). The van der Waals surface area contributed by atoms with Crippen molar-refractivity contribution in [3.63, 3.8) is 0 Å². The van der Waals surface area contributed by atoms with Crippen LogP contribution in [0.25, 0.3) is 11.1 Å². The SMILES string of the molecule is C[C@H](NC(=O)CC1(NC(=O)OCC2c3ccccc3-c3ccccc32)CC1)C(=O)O. The molecule has 0 aliphatic heterocycles. The Kier molecular flexibility index (Phi) is 5.20. The van der Waals surface area contributed by atoms with E-state index in [1.54, 1.807) is 0 Å². The van der Waals surface area contributed by atoms with Gasteiger partial charge in [0.2, 0.25) is 5.91 Å². The smallest absolute Gasteiger partial charge is 0.407 e. The summed E-state index contributed by atoms with van der Waals surface area (Å²) in [6.07, 6.45) is 0.792. The Bertz CT molecular complexity index is 953. The van der Waals surface area contributed by atoms with Gasteiger partial charge in [0, 0.05) is 12.3 Å². The molecule has 2 aliphatic rings. The number of carbonyl (C=O) groups is 3. The molecule has 1 saturated carbocycles. The second kappa shape index (κ2) is 7.82. The maximum absolute atomic E-state index is 12.4. The molecular weight excluding hydrogens is 384 g/mol. The molecule has 3 N–H and O–H groups in total. The third-order valence-corrected chi connectivity index (χ3v) is 5.81. The van der Waals surface area contributed by atoms with Gasteiger partial charge in [-0.3, -0.25) is 9.59 Å². The normalized spacial score (nSPS) is 16.7. The Balaban J connectivity index is 1.35. The highest BCUT2D eigenvalue weighted by molar-refractivity contribution is 5.85. The monoisotopic (exact) mass is 408 g/mol. The van der Waals surface area contributed by atoms with Crippen LogP contribution in [-0.4, -0.2) is 41.3 Å². The number of amides is 2. The van der Waals surface area contributed by atoms with Gasteiger partial charge in [-0.15, -0.1) is 0 Å². The predicted octanol–water partition coefficient (Wildman–Crippen LogP) is 3.04. The molecule has 7 heteroatoms.